The van der Waals surface area contributed by atoms with Crippen LogP contribution < -0.4 is 11.5 Å². The van der Waals surface area contributed by atoms with Gasteiger partial charge in [-0.05, 0) is 80.3 Å². The smallest absolute Gasteiger partial charge is 0.242 e. The Morgan fingerprint density at radius 1 is 0.506 bits per heavy atom. The van der Waals surface area contributed by atoms with Gasteiger partial charge in [0.2, 0.25) is 35.4 Å². The van der Waals surface area contributed by atoms with Crippen LogP contribution in [0.2, 0.25) is 0 Å². The van der Waals surface area contributed by atoms with Gasteiger partial charge in [0.1, 0.15) is 12.3 Å². The average molecular weight is 1150 g/mol. The van der Waals surface area contributed by atoms with Crippen molar-refractivity contribution in [1.29, 1.82) is 0 Å². The number of nitrogens with two attached hydrogens (primary N) is 2. The largest absolute Gasteiger partial charge is 0.395 e. The van der Waals surface area contributed by atoms with Crippen molar-refractivity contribution in [2.45, 2.75) is 84.6 Å². The molecule has 83 heavy (non-hydrogen) atoms. The highest BCUT2D eigenvalue weighted by molar-refractivity contribution is 5.96. The van der Waals surface area contributed by atoms with Crippen molar-refractivity contribution in [2.24, 2.45) is 23.3 Å². The number of nitrogens with one attached hydrogen (secondary N) is 1. The molecular weight excluding hydrogens is 1060 g/mol. The van der Waals surface area contributed by atoms with Gasteiger partial charge in [-0.2, -0.15) is 0 Å². The third-order valence-electron chi connectivity index (χ3n) is 15.1. The molecular formula is C62H89N9O12. The first-order valence-electron chi connectivity index (χ1n) is 28.7. The molecule has 454 valence electrons. The van der Waals surface area contributed by atoms with Gasteiger partial charge in [0.05, 0.1) is 52.5 Å². The number of rotatable bonds is 40. The van der Waals surface area contributed by atoms with Gasteiger partial charge >= 0.3 is 0 Å². The van der Waals surface area contributed by atoms with E-state index in [0.29, 0.717) is 38.8 Å². The highest BCUT2D eigenvalue weighted by atomic mass is 16.5. The normalized spacial score (nSPS) is 12.6. The van der Waals surface area contributed by atoms with Gasteiger partial charge in [-0.15, -0.1) is 0 Å². The number of aliphatic hydroxyl groups excluding tert-OH is 1. The third-order valence-corrected chi connectivity index (χ3v) is 15.1. The molecule has 3 aromatic carbocycles. The van der Waals surface area contributed by atoms with E-state index in [4.69, 9.17) is 20.9 Å². The van der Waals surface area contributed by atoms with Gasteiger partial charge in [0.25, 0.3) is 0 Å². The van der Waals surface area contributed by atoms with Crippen molar-refractivity contribution in [2.75, 3.05) is 119 Å². The van der Waals surface area contributed by atoms with Gasteiger partial charge < -0.3 is 65.2 Å². The van der Waals surface area contributed by atoms with E-state index in [1.54, 1.807) is 25.3 Å². The lowest BCUT2D eigenvalue weighted by Crippen LogP contribution is -2.51. The van der Waals surface area contributed by atoms with Crippen LogP contribution in [-0.2, 0) is 59.2 Å². The molecule has 4 aromatic rings. The summed E-state index contributed by atoms with van der Waals surface area (Å²) >= 11 is 0. The molecule has 21 heteroatoms. The van der Waals surface area contributed by atoms with Crippen molar-refractivity contribution in [3.8, 4) is 0 Å². The number of carbonyl (C=O) groups excluding carboxylic acids is 9. The minimum Gasteiger partial charge on any atom is -0.395 e. The SMILES string of the molecule is COCCN(CC(=O)N(CC(=O)N(CCOC)CC(=O)N(CCCCN)CC(=O)C(CC(=O)N(CCO)CC(=O)N(CCCCN)CC(=O)C(CC(C)=O)[C@@H](C)c1ccccc1)[C@@H](C)c1ccccc1)Cc1c[nH]c2ccccc12)C(C)=O. The summed E-state index contributed by atoms with van der Waals surface area (Å²) in [7, 11) is 2.93. The highest BCUT2D eigenvalue weighted by Crippen LogP contribution is 2.31. The topological polar surface area (TPSA) is 280 Å². The predicted octanol–water partition coefficient (Wildman–Crippen LogP) is 3.77. The van der Waals surface area contributed by atoms with Crippen LogP contribution in [0.25, 0.3) is 10.9 Å². The van der Waals surface area contributed by atoms with Crippen molar-refractivity contribution in [3.63, 3.8) is 0 Å². The van der Waals surface area contributed by atoms with Gasteiger partial charge in [0.15, 0.2) is 11.6 Å². The molecule has 4 atom stereocenters. The molecule has 0 fully saturated rings. The molecule has 0 aliphatic heterocycles. The zero-order valence-corrected chi connectivity index (χ0v) is 49.5. The van der Waals surface area contributed by atoms with Crippen molar-refractivity contribution in [3.05, 3.63) is 108 Å². The van der Waals surface area contributed by atoms with E-state index >= 15 is 4.79 Å². The molecule has 0 spiro atoms. The Hall–Kier alpha value is -7.17. The zero-order chi connectivity index (χ0) is 60.8. The van der Waals surface area contributed by atoms with Crippen molar-refractivity contribution >= 4 is 63.7 Å². The number of aromatic amines is 1. The fourth-order valence-electron chi connectivity index (χ4n) is 10.0. The number of hydrogen-bond acceptors (Lipinski definition) is 14. The second-order valence-electron chi connectivity index (χ2n) is 21.2. The van der Waals surface area contributed by atoms with Gasteiger partial charge in [-0.25, -0.2) is 0 Å². The summed E-state index contributed by atoms with van der Waals surface area (Å²) in [5.41, 5.74) is 14.9. The first-order chi connectivity index (χ1) is 39.9. The van der Waals surface area contributed by atoms with E-state index in [9.17, 15) is 43.5 Å². The monoisotopic (exact) mass is 1150 g/mol. The summed E-state index contributed by atoms with van der Waals surface area (Å²) in [4.78, 5) is 138. The first kappa shape index (κ1) is 68.3. The molecule has 6 N–H and O–H groups in total. The lowest BCUT2D eigenvalue weighted by molar-refractivity contribution is -0.147. The molecule has 1 heterocycles. The number of carbonyl (C=O) groups is 9. The summed E-state index contributed by atoms with van der Waals surface area (Å²) in [6.07, 6.45) is 3.22. The summed E-state index contributed by atoms with van der Waals surface area (Å²) in [5.74, 6) is -6.95. The molecule has 0 bridgehead atoms. The van der Waals surface area contributed by atoms with Crippen LogP contribution in [0, 0.1) is 11.8 Å². The number of fused-ring (bicyclic) bond motifs is 1. The number of nitrogens with zero attached hydrogens (tertiary/aromatic N) is 6. The molecule has 0 saturated carbocycles. The van der Waals surface area contributed by atoms with Crippen LogP contribution >= 0.6 is 0 Å². The number of para-hydroxylation sites is 1. The fourth-order valence-corrected chi connectivity index (χ4v) is 10.0. The van der Waals surface area contributed by atoms with E-state index in [1.165, 1.54) is 57.5 Å². The highest BCUT2D eigenvalue weighted by Gasteiger charge is 2.36. The zero-order valence-electron chi connectivity index (χ0n) is 49.5. The minimum absolute atomic E-state index is 0.0100. The maximum atomic E-state index is 15.0. The lowest BCUT2D eigenvalue weighted by Gasteiger charge is -2.32. The number of aliphatic hydroxyl groups is 1. The van der Waals surface area contributed by atoms with Crippen molar-refractivity contribution in [1.82, 2.24) is 34.4 Å². The second kappa shape index (κ2) is 36.4. The van der Waals surface area contributed by atoms with Gasteiger partial charge in [-0.3, -0.25) is 38.4 Å². The number of ketones is 3. The maximum Gasteiger partial charge on any atom is 0.242 e. The molecule has 21 nitrogen and oxygen atoms in total. The number of hydrogen-bond donors (Lipinski definition) is 4. The number of ether oxygens (including phenoxy) is 2. The Balaban J connectivity index is 1.63. The Kier molecular flexibility index (Phi) is 30.0. The molecule has 1 aromatic heterocycles. The van der Waals surface area contributed by atoms with E-state index in [-0.39, 0.29) is 95.4 Å². The number of benzene rings is 3. The Morgan fingerprint density at radius 2 is 0.928 bits per heavy atom. The Bertz CT molecular complexity index is 2710. The van der Waals surface area contributed by atoms with E-state index in [0.717, 1.165) is 27.6 Å². The molecule has 6 amide bonds. The van der Waals surface area contributed by atoms with Gasteiger partial charge in [-0.1, -0.05) is 92.7 Å². The van der Waals surface area contributed by atoms with E-state index in [2.05, 4.69) is 4.98 Å². The summed E-state index contributed by atoms with van der Waals surface area (Å²) in [6.45, 7) is 4.14. The number of unbranched alkanes of at least 4 members (excludes halogenated alkanes) is 2. The van der Waals surface area contributed by atoms with Crippen LogP contribution in [-0.4, -0.2) is 211 Å². The van der Waals surface area contributed by atoms with Crippen LogP contribution in [0.15, 0.2) is 91.1 Å². The van der Waals surface area contributed by atoms with Crippen LogP contribution in [0.1, 0.15) is 94.7 Å². The second-order valence-corrected chi connectivity index (χ2v) is 21.2. The molecule has 0 saturated heterocycles. The number of H-pyrrole nitrogens is 1. The summed E-state index contributed by atoms with van der Waals surface area (Å²) in [5, 5.41) is 11.1. The predicted molar refractivity (Wildman–Crippen MR) is 316 cm³/mol. The van der Waals surface area contributed by atoms with E-state index in [1.807, 2.05) is 79.7 Å². The molecule has 0 radical (unpaired) electrons. The minimum atomic E-state index is -1.06. The Morgan fingerprint density at radius 3 is 1.40 bits per heavy atom. The number of methoxy groups -OCH3 is 2. The van der Waals surface area contributed by atoms with Crippen LogP contribution in [0.4, 0.5) is 0 Å². The number of amides is 6. The first-order valence-corrected chi connectivity index (χ1v) is 28.7. The maximum absolute atomic E-state index is 15.0. The van der Waals surface area contributed by atoms with Crippen molar-refractivity contribution < 1.29 is 57.7 Å². The summed E-state index contributed by atoms with van der Waals surface area (Å²) < 4.78 is 10.5. The summed E-state index contributed by atoms with van der Waals surface area (Å²) in [6, 6.07) is 25.9. The lowest BCUT2D eigenvalue weighted by atomic mass is 9.81. The number of aromatic nitrogens is 1. The molecule has 2 unspecified atom stereocenters. The van der Waals surface area contributed by atoms with Crippen LogP contribution in [0.3, 0.4) is 0 Å². The van der Waals surface area contributed by atoms with Crippen LogP contribution in [0.5, 0.6) is 0 Å². The average Bonchev–Trinajstić information content (AvgIpc) is 3.95. The molecule has 4 rings (SSSR count). The van der Waals surface area contributed by atoms with E-state index < -0.39 is 92.3 Å². The standard InChI is InChI=1S/C62H89N9O12/c1-45(73)35-53(46(2)49-19-9-7-10-20-49)56(75)39-67(27-17-15-25-63)59(78)42-69(29-32-72)58(77)36-54(47(3)50-21-11-8-12-22-50)57(76)40-68(28-18-16-26-64)60(79)43-70(31-34-83-6)61(80)44-71(62(81)41-66(48(4)74)30-33-82-5)38-51-37-65-55-24-14-13-23-52(51)55/h7-14,19-24,37,46-47,53-54,65,72H,15-18,25-36,38-44,63-64H2,1-6H3/t46-,47-,53?,54?/m0/s1. The van der Waals surface area contributed by atoms with Gasteiger partial charge in [0, 0.05) is 102 Å². The Labute approximate surface area is 488 Å². The number of Topliss-reactive ketones (excluding diaryl/α,β-unsaturated/α-hetero) is 3. The fraction of sp³-hybridized carbons (Fsp3) is 0.532. The molecule has 0 aliphatic carbocycles. The third kappa shape index (κ3) is 22.2. The quantitative estimate of drug-likeness (QED) is 0.0462. The molecule has 0 aliphatic rings.